The van der Waals surface area contributed by atoms with Crippen molar-refractivity contribution in [1.82, 2.24) is 4.90 Å². The molecule has 0 bridgehead atoms. The average Bonchev–Trinajstić information content (AvgIpc) is 3.62. The van der Waals surface area contributed by atoms with Crippen LogP contribution in [-0.4, -0.2) is 49.1 Å². The van der Waals surface area contributed by atoms with Crippen LogP contribution in [0.5, 0.6) is 0 Å². The zero-order valence-electron chi connectivity index (χ0n) is 29.6. The number of likely N-dealkylation sites (tertiary alicyclic amines) is 1. The van der Waals surface area contributed by atoms with Gasteiger partial charge in [-0.2, -0.15) is 0 Å². The van der Waals surface area contributed by atoms with Crippen LogP contribution in [0.1, 0.15) is 143 Å². The van der Waals surface area contributed by atoms with Crippen LogP contribution in [0.15, 0.2) is 0 Å². The number of nitrogens with zero attached hydrogens (tertiary/aromatic N) is 1. The summed E-state index contributed by atoms with van der Waals surface area (Å²) in [6.45, 7) is 10.7. The smallest absolute Gasteiger partial charge is 0.0598 e. The van der Waals surface area contributed by atoms with E-state index in [0.717, 1.165) is 81.9 Å². The molecule has 0 aromatic rings. The van der Waals surface area contributed by atoms with Crippen molar-refractivity contribution < 1.29 is 4.74 Å². The molecule has 7 fully saturated rings. The molecule has 0 spiro atoms. The summed E-state index contributed by atoms with van der Waals surface area (Å²) in [5.41, 5.74) is 2.28. The van der Waals surface area contributed by atoms with Gasteiger partial charge in [0.2, 0.25) is 0 Å². The Labute approximate surface area is 282 Å². The molecule has 6 saturated carbocycles. The van der Waals surface area contributed by atoms with Crippen molar-refractivity contribution in [2.75, 3.05) is 13.7 Å². The topological polar surface area (TPSA) is 12.5 Å². The van der Waals surface area contributed by atoms with Crippen molar-refractivity contribution in [3.63, 3.8) is 0 Å². The number of ether oxygens (including phenoxy) is 1. The summed E-state index contributed by atoms with van der Waals surface area (Å²) in [4.78, 5) is 3.84. The van der Waals surface area contributed by atoms with E-state index in [9.17, 15) is 0 Å². The van der Waals surface area contributed by atoms with E-state index in [1.54, 1.807) is 70.3 Å². The predicted octanol–water partition coefficient (Wildman–Crippen LogP) is 11.5. The molecule has 13 unspecified atom stereocenters. The normalized spacial score (nSPS) is 46.9. The molecular formula is C40H70BrNOSi. The first-order valence-electron chi connectivity index (χ1n) is 20.2. The van der Waals surface area contributed by atoms with Gasteiger partial charge in [-0.05, 0) is 131 Å². The maximum Gasteiger partial charge on any atom is 0.0598 e. The Morgan fingerprint density at radius 1 is 0.659 bits per heavy atom. The minimum Gasteiger partial charge on any atom is -0.376 e. The molecule has 252 valence electrons. The lowest BCUT2D eigenvalue weighted by atomic mass is 9.73. The third-order valence-corrected chi connectivity index (χ3v) is 22.7. The van der Waals surface area contributed by atoms with E-state index in [0.29, 0.717) is 0 Å². The van der Waals surface area contributed by atoms with Gasteiger partial charge in [0, 0.05) is 23.5 Å². The van der Waals surface area contributed by atoms with Crippen LogP contribution in [0.4, 0.5) is 0 Å². The monoisotopic (exact) mass is 687 g/mol. The van der Waals surface area contributed by atoms with Crippen LogP contribution >= 0.6 is 15.9 Å². The van der Waals surface area contributed by atoms with E-state index < -0.39 is 8.07 Å². The third-order valence-electron chi connectivity index (χ3n) is 15.8. The standard InChI is InChI=1S/C40H70BrNOSi/c1-40(2,3)43-24-14-6-7-15-25-44(5,38-31-19-11-8-16-28(31)29-17-9-12-20-32(29)38)39-33-21-13-10-18-30(33)37-36(39)34-26-27(41)22-23-35(34)42(37)4/h27-39H,6-26H2,1-5H3. The van der Waals surface area contributed by atoms with E-state index in [4.69, 9.17) is 4.74 Å². The molecule has 2 nitrogen and oxygen atoms in total. The van der Waals surface area contributed by atoms with E-state index in [1.807, 2.05) is 0 Å². The summed E-state index contributed by atoms with van der Waals surface area (Å²) in [6.07, 6.45) is 28.8. The quantitative estimate of drug-likeness (QED) is 0.136. The third kappa shape index (κ3) is 6.03. The summed E-state index contributed by atoms with van der Waals surface area (Å²) in [6, 6.07) is 3.48. The minimum atomic E-state index is -1.59. The summed E-state index contributed by atoms with van der Waals surface area (Å²) in [5, 5.41) is 0. The van der Waals surface area contributed by atoms with E-state index in [2.05, 4.69) is 55.2 Å². The number of rotatable bonds is 9. The minimum absolute atomic E-state index is 0.0101. The molecule has 7 aliphatic rings. The first-order valence-corrected chi connectivity index (χ1v) is 24.0. The van der Waals surface area contributed by atoms with Crippen LogP contribution in [0, 0.1) is 47.3 Å². The van der Waals surface area contributed by atoms with Gasteiger partial charge in [-0.1, -0.05) is 106 Å². The summed E-state index contributed by atoms with van der Waals surface area (Å²) < 4.78 is 6.13. The van der Waals surface area contributed by atoms with Gasteiger partial charge in [0.25, 0.3) is 0 Å². The Kier molecular flexibility index (Phi) is 10.2. The number of alkyl halides is 1. The molecule has 6 aliphatic carbocycles. The molecule has 44 heavy (non-hydrogen) atoms. The number of hydrogen-bond donors (Lipinski definition) is 0. The highest BCUT2D eigenvalue weighted by Crippen LogP contribution is 2.72. The fourth-order valence-corrected chi connectivity index (χ4v) is 23.0. The number of hydrogen-bond acceptors (Lipinski definition) is 2. The molecule has 4 heteroatoms. The zero-order valence-corrected chi connectivity index (χ0v) is 32.2. The second-order valence-electron chi connectivity index (χ2n) is 18.9. The molecule has 1 saturated heterocycles. The predicted molar refractivity (Wildman–Crippen MR) is 193 cm³/mol. The lowest BCUT2D eigenvalue weighted by Gasteiger charge is -2.52. The highest BCUT2D eigenvalue weighted by molar-refractivity contribution is 9.09. The van der Waals surface area contributed by atoms with Gasteiger partial charge in [0.05, 0.1) is 13.7 Å². The first kappa shape index (κ1) is 33.1. The molecule has 0 N–H and O–H groups in total. The fraction of sp³-hybridized carbons (Fsp3) is 1.00. The van der Waals surface area contributed by atoms with Crippen molar-refractivity contribution in [3.05, 3.63) is 0 Å². The van der Waals surface area contributed by atoms with Gasteiger partial charge >= 0.3 is 0 Å². The second kappa shape index (κ2) is 13.5. The second-order valence-corrected chi connectivity index (χ2v) is 25.0. The highest BCUT2D eigenvalue weighted by Gasteiger charge is 2.68. The van der Waals surface area contributed by atoms with Crippen molar-refractivity contribution in [2.45, 2.75) is 189 Å². The van der Waals surface area contributed by atoms with Gasteiger partial charge in [-0.25, -0.2) is 0 Å². The van der Waals surface area contributed by atoms with Gasteiger partial charge < -0.3 is 4.74 Å². The van der Waals surface area contributed by atoms with Crippen molar-refractivity contribution >= 4 is 24.0 Å². The SMILES string of the molecule is CN1C2CCC(Br)CC2C2C1C1CCCCC1C2[Si](C)(CCCCCCOC(C)(C)C)C1C2CCCCC2C2CCCCC21. The molecule has 13 atom stereocenters. The van der Waals surface area contributed by atoms with E-state index >= 15 is 0 Å². The fourth-order valence-electron chi connectivity index (χ4n) is 14.7. The zero-order chi connectivity index (χ0) is 30.6. The van der Waals surface area contributed by atoms with Gasteiger partial charge in [-0.15, -0.1) is 0 Å². The molecule has 0 radical (unpaired) electrons. The van der Waals surface area contributed by atoms with Gasteiger partial charge in [0.1, 0.15) is 0 Å². The maximum atomic E-state index is 6.13. The van der Waals surface area contributed by atoms with Crippen LogP contribution in [0.25, 0.3) is 0 Å². The molecule has 7 rings (SSSR count). The van der Waals surface area contributed by atoms with E-state index in [-0.39, 0.29) is 5.60 Å². The Balaban J connectivity index is 1.21. The Morgan fingerprint density at radius 3 is 1.82 bits per heavy atom. The summed E-state index contributed by atoms with van der Waals surface area (Å²) in [7, 11) is 1.03. The number of halogens is 1. The van der Waals surface area contributed by atoms with Crippen molar-refractivity contribution in [3.8, 4) is 0 Å². The van der Waals surface area contributed by atoms with Crippen LogP contribution in [0.2, 0.25) is 23.7 Å². The molecule has 1 heterocycles. The lowest BCUT2D eigenvalue weighted by molar-refractivity contribution is -0.00471. The van der Waals surface area contributed by atoms with Gasteiger partial charge in [-0.3, -0.25) is 4.90 Å². The van der Waals surface area contributed by atoms with Crippen LogP contribution < -0.4 is 0 Å². The maximum absolute atomic E-state index is 6.13. The molecule has 0 aromatic carbocycles. The lowest BCUT2D eigenvalue weighted by Crippen LogP contribution is -2.51. The van der Waals surface area contributed by atoms with Crippen LogP contribution in [0.3, 0.4) is 0 Å². The first-order chi connectivity index (χ1) is 21.2. The van der Waals surface area contributed by atoms with E-state index in [1.165, 1.54) is 57.8 Å². The average molecular weight is 689 g/mol. The number of unbranched alkanes of at least 4 members (excludes halogenated alkanes) is 3. The Bertz CT molecular complexity index is 946. The Hall–Kier alpha value is 0.617. The Morgan fingerprint density at radius 2 is 1.20 bits per heavy atom. The van der Waals surface area contributed by atoms with Gasteiger partial charge in [0.15, 0.2) is 0 Å². The molecular weight excluding hydrogens is 618 g/mol. The largest absolute Gasteiger partial charge is 0.376 e. The summed E-state index contributed by atoms with van der Waals surface area (Å²) in [5.74, 6) is 8.54. The number of fused-ring (bicyclic) bond motifs is 8. The molecule has 1 aliphatic heterocycles. The molecule has 0 aromatic heterocycles. The molecule has 0 amide bonds. The summed E-state index contributed by atoms with van der Waals surface area (Å²) >= 11 is 4.21. The van der Waals surface area contributed by atoms with Crippen molar-refractivity contribution in [1.29, 1.82) is 0 Å². The van der Waals surface area contributed by atoms with Crippen LogP contribution in [-0.2, 0) is 4.74 Å². The highest BCUT2D eigenvalue weighted by atomic mass is 79.9. The van der Waals surface area contributed by atoms with Crippen molar-refractivity contribution in [2.24, 2.45) is 47.3 Å².